The van der Waals surface area contributed by atoms with Crippen molar-refractivity contribution < 1.29 is 21.1 Å². The summed E-state index contributed by atoms with van der Waals surface area (Å²) in [5.41, 5.74) is 14.4. The van der Waals surface area contributed by atoms with Gasteiger partial charge >= 0.3 is 21.1 Å². The van der Waals surface area contributed by atoms with Gasteiger partial charge in [-0.3, -0.25) is 4.98 Å². The van der Waals surface area contributed by atoms with Gasteiger partial charge in [-0.15, -0.1) is 41.3 Å². The third kappa shape index (κ3) is 4.99. The first kappa shape index (κ1) is 30.0. The summed E-state index contributed by atoms with van der Waals surface area (Å²) in [6, 6.07) is 56.3. The van der Waals surface area contributed by atoms with Gasteiger partial charge in [0, 0.05) is 16.6 Å². The Morgan fingerprint density at radius 2 is 1.12 bits per heavy atom. The standard InChI is InChI=1S/C45H31N3.Pt/c1-2-12-30(13-3-1)39-18-10-19-40(46-39)37-24-33-28-45(26-31-14-4-5-15-32(31)27-45)29-34(33)25-38(37)41-20-11-23-44(47-41)48-42-21-8-6-16-35(42)36-17-7-9-22-43(36)48;/h1-12,14-21,23-25H,26-29H2;/q-2;+2. The van der Waals surface area contributed by atoms with E-state index in [4.69, 9.17) is 9.97 Å². The van der Waals surface area contributed by atoms with Crippen LogP contribution in [0.2, 0.25) is 0 Å². The fourth-order valence-electron chi connectivity index (χ4n) is 8.41. The molecule has 0 fully saturated rings. The maximum atomic E-state index is 5.41. The van der Waals surface area contributed by atoms with E-state index in [0.717, 1.165) is 76.3 Å². The number of pyridine rings is 2. The average molecular weight is 809 g/mol. The van der Waals surface area contributed by atoms with Gasteiger partial charge < -0.3 is 4.57 Å². The molecule has 10 rings (SSSR count). The van der Waals surface area contributed by atoms with Crippen molar-refractivity contribution in [2.24, 2.45) is 5.41 Å². The zero-order chi connectivity index (χ0) is 31.7. The molecule has 236 valence electrons. The molecule has 0 radical (unpaired) electrons. The van der Waals surface area contributed by atoms with E-state index in [1.54, 1.807) is 0 Å². The van der Waals surface area contributed by atoms with Crippen LogP contribution in [0.3, 0.4) is 0 Å². The molecule has 1 spiro atoms. The van der Waals surface area contributed by atoms with Crippen molar-refractivity contribution in [2.75, 3.05) is 0 Å². The fraction of sp³-hybridized carbons (Fsp3) is 0.111. The van der Waals surface area contributed by atoms with Crippen LogP contribution in [0, 0.1) is 17.5 Å². The molecule has 0 saturated heterocycles. The first-order valence-electron chi connectivity index (χ1n) is 16.8. The van der Waals surface area contributed by atoms with Crippen LogP contribution in [0.5, 0.6) is 0 Å². The number of hydrogen-bond donors (Lipinski definition) is 0. The molecule has 0 amide bonds. The van der Waals surface area contributed by atoms with Crippen molar-refractivity contribution in [3.8, 4) is 39.6 Å². The molecule has 49 heavy (non-hydrogen) atoms. The Labute approximate surface area is 300 Å². The van der Waals surface area contributed by atoms with E-state index in [2.05, 4.69) is 132 Å². The van der Waals surface area contributed by atoms with Gasteiger partial charge in [0.25, 0.3) is 0 Å². The molecule has 0 N–H and O–H groups in total. The van der Waals surface area contributed by atoms with Gasteiger partial charge in [0.15, 0.2) is 0 Å². The summed E-state index contributed by atoms with van der Waals surface area (Å²) in [6.45, 7) is 0. The SMILES string of the molecule is [Pt+2].[c-]1ccccc1-c1cccc(-c2cc3c(cc2-c2cccc(-n4c5[c-]cccc5c5ccccc54)n2)CC2(Cc4ccccc4C2)C3)n1. The van der Waals surface area contributed by atoms with E-state index >= 15 is 0 Å². The van der Waals surface area contributed by atoms with Crippen molar-refractivity contribution in [1.82, 2.24) is 14.5 Å². The van der Waals surface area contributed by atoms with E-state index in [0.29, 0.717) is 0 Å². The van der Waals surface area contributed by atoms with Crippen molar-refractivity contribution in [3.63, 3.8) is 0 Å². The third-order valence-corrected chi connectivity index (χ3v) is 10.5. The normalized spacial score (nSPS) is 14.2. The molecular formula is C45H31N3Pt. The molecule has 8 aromatic rings. The largest absolute Gasteiger partial charge is 2.00 e. The topological polar surface area (TPSA) is 30.7 Å². The molecule has 0 unspecified atom stereocenters. The second-order valence-electron chi connectivity index (χ2n) is 13.5. The minimum atomic E-state index is 0. The summed E-state index contributed by atoms with van der Waals surface area (Å²) in [4.78, 5) is 10.6. The summed E-state index contributed by atoms with van der Waals surface area (Å²) >= 11 is 0. The quantitative estimate of drug-likeness (QED) is 0.166. The molecule has 0 atom stereocenters. The van der Waals surface area contributed by atoms with E-state index in [1.165, 1.54) is 33.0 Å². The van der Waals surface area contributed by atoms with E-state index in [9.17, 15) is 0 Å². The molecule has 2 aliphatic rings. The molecule has 3 heterocycles. The predicted molar refractivity (Wildman–Crippen MR) is 194 cm³/mol. The second-order valence-corrected chi connectivity index (χ2v) is 13.5. The molecule has 0 saturated carbocycles. The summed E-state index contributed by atoms with van der Waals surface area (Å²) in [6.07, 6.45) is 4.44. The van der Waals surface area contributed by atoms with Crippen LogP contribution >= 0.6 is 0 Å². The van der Waals surface area contributed by atoms with Crippen LogP contribution in [0.1, 0.15) is 22.3 Å². The number of rotatable bonds is 4. The minimum absolute atomic E-state index is 0. The number of nitrogens with zero attached hydrogens (tertiary/aromatic N) is 3. The van der Waals surface area contributed by atoms with Gasteiger partial charge in [-0.1, -0.05) is 66.2 Å². The van der Waals surface area contributed by atoms with E-state index in [-0.39, 0.29) is 26.5 Å². The number of hydrogen-bond acceptors (Lipinski definition) is 2. The number of benzene rings is 5. The van der Waals surface area contributed by atoms with Gasteiger partial charge in [-0.2, -0.15) is 24.3 Å². The van der Waals surface area contributed by atoms with Crippen molar-refractivity contribution in [1.29, 1.82) is 0 Å². The fourth-order valence-corrected chi connectivity index (χ4v) is 8.41. The Bertz CT molecular complexity index is 2450. The molecule has 5 aromatic carbocycles. The monoisotopic (exact) mass is 808 g/mol. The molecule has 4 heteroatoms. The first-order chi connectivity index (χ1) is 23.7. The number of aromatic nitrogens is 3. The summed E-state index contributed by atoms with van der Waals surface area (Å²) in [5, 5.41) is 2.39. The maximum Gasteiger partial charge on any atom is 2.00 e. The number of fused-ring (bicyclic) bond motifs is 5. The van der Waals surface area contributed by atoms with Crippen LogP contribution in [0.15, 0.2) is 140 Å². The van der Waals surface area contributed by atoms with Gasteiger partial charge in [0.05, 0.1) is 11.4 Å². The molecule has 0 bridgehead atoms. The van der Waals surface area contributed by atoms with Gasteiger partial charge in [0.2, 0.25) is 0 Å². The van der Waals surface area contributed by atoms with Crippen LogP contribution in [0.25, 0.3) is 61.4 Å². The van der Waals surface area contributed by atoms with E-state index in [1.807, 2.05) is 24.3 Å². The number of para-hydroxylation sites is 2. The smallest absolute Gasteiger partial charge is 0.319 e. The Kier molecular flexibility index (Phi) is 7.22. The Morgan fingerprint density at radius 3 is 1.88 bits per heavy atom. The van der Waals surface area contributed by atoms with Crippen molar-refractivity contribution >= 4 is 21.8 Å². The minimum Gasteiger partial charge on any atom is -0.319 e. The van der Waals surface area contributed by atoms with Gasteiger partial charge in [-0.05, 0) is 101 Å². The molecule has 0 aliphatic heterocycles. The molecular weight excluding hydrogens is 778 g/mol. The summed E-state index contributed by atoms with van der Waals surface area (Å²) in [7, 11) is 0. The molecule has 3 nitrogen and oxygen atoms in total. The van der Waals surface area contributed by atoms with Gasteiger partial charge in [-0.25, -0.2) is 4.98 Å². The average Bonchev–Trinajstić information content (AvgIpc) is 3.80. The zero-order valence-electron chi connectivity index (χ0n) is 26.8. The van der Waals surface area contributed by atoms with Gasteiger partial charge in [0.1, 0.15) is 5.82 Å². The molecule has 2 aliphatic carbocycles. The second kappa shape index (κ2) is 11.8. The maximum absolute atomic E-state index is 5.41. The van der Waals surface area contributed by atoms with E-state index < -0.39 is 0 Å². The third-order valence-electron chi connectivity index (χ3n) is 10.5. The Hall–Kier alpha value is -5.11. The van der Waals surface area contributed by atoms with Crippen LogP contribution in [0.4, 0.5) is 0 Å². The Balaban J connectivity index is 0.00000325. The van der Waals surface area contributed by atoms with Crippen LogP contribution in [-0.2, 0) is 46.7 Å². The summed E-state index contributed by atoms with van der Waals surface area (Å²) < 4.78 is 2.25. The van der Waals surface area contributed by atoms with Crippen molar-refractivity contribution in [3.05, 3.63) is 174 Å². The zero-order valence-corrected chi connectivity index (χ0v) is 29.0. The molecule has 3 aromatic heterocycles. The van der Waals surface area contributed by atoms with Crippen LogP contribution < -0.4 is 0 Å². The first-order valence-corrected chi connectivity index (χ1v) is 16.8. The Morgan fingerprint density at radius 1 is 0.510 bits per heavy atom. The predicted octanol–water partition coefficient (Wildman–Crippen LogP) is 10.1. The van der Waals surface area contributed by atoms with Crippen LogP contribution in [-0.4, -0.2) is 14.5 Å². The van der Waals surface area contributed by atoms with Crippen molar-refractivity contribution in [2.45, 2.75) is 25.7 Å². The summed E-state index contributed by atoms with van der Waals surface area (Å²) in [5.74, 6) is 0.885.